The summed E-state index contributed by atoms with van der Waals surface area (Å²) < 4.78 is 17.4. The highest BCUT2D eigenvalue weighted by atomic mass is 32.2. The largest absolute Gasteiger partial charge is 0.508 e. The van der Waals surface area contributed by atoms with E-state index in [1.54, 1.807) is 12.1 Å². The van der Waals surface area contributed by atoms with E-state index in [0.717, 1.165) is 4.90 Å². The third kappa shape index (κ3) is 4.06. The first-order valence-electron chi connectivity index (χ1n) is 6.27. The maximum absolute atomic E-state index is 12.0. The second kappa shape index (κ2) is 6.90. The minimum absolute atomic E-state index is 0.0657. The van der Waals surface area contributed by atoms with Crippen LogP contribution in [-0.2, 0) is 10.8 Å². The van der Waals surface area contributed by atoms with E-state index in [4.69, 9.17) is 10.5 Å². The molecule has 0 bridgehead atoms. The predicted octanol–water partition coefficient (Wildman–Crippen LogP) is 1.68. The van der Waals surface area contributed by atoms with Crippen molar-refractivity contribution in [1.82, 2.24) is 0 Å². The highest BCUT2D eigenvalue weighted by Gasteiger charge is 2.11. The molecule has 0 radical (unpaired) electrons. The van der Waals surface area contributed by atoms with Gasteiger partial charge in [-0.05, 0) is 30.3 Å². The maximum atomic E-state index is 12.0. The number of phenolic OH excluding ortho intramolecular Hbond substituents is 1. The van der Waals surface area contributed by atoms with Gasteiger partial charge in [-0.2, -0.15) is 0 Å². The lowest BCUT2D eigenvalue weighted by molar-refractivity contribution is 0.0996. The van der Waals surface area contributed by atoms with Crippen LogP contribution in [-0.4, -0.2) is 27.6 Å². The average molecular weight is 305 g/mol. The van der Waals surface area contributed by atoms with E-state index in [2.05, 4.69) is 0 Å². The fraction of sp³-hybridized carbons (Fsp3) is 0.133. The van der Waals surface area contributed by atoms with E-state index < -0.39 is 16.7 Å². The molecule has 2 rings (SSSR count). The Morgan fingerprint density at radius 1 is 1.19 bits per heavy atom. The summed E-state index contributed by atoms with van der Waals surface area (Å²) in [7, 11) is -1.17. The lowest BCUT2D eigenvalue weighted by Crippen LogP contribution is -2.15. The van der Waals surface area contributed by atoms with Crippen molar-refractivity contribution < 1.29 is 18.8 Å². The third-order valence-corrected chi connectivity index (χ3v) is 4.10. The highest BCUT2D eigenvalue weighted by Crippen LogP contribution is 2.23. The molecule has 2 aromatic rings. The Morgan fingerprint density at radius 3 is 2.57 bits per heavy atom. The number of rotatable bonds is 6. The van der Waals surface area contributed by atoms with Crippen LogP contribution in [0.5, 0.6) is 11.5 Å². The molecule has 0 saturated heterocycles. The molecule has 110 valence electrons. The molecule has 0 saturated carbocycles. The van der Waals surface area contributed by atoms with E-state index in [-0.39, 0.29) is 23.7 Å². The first-order chi connectivity index (χ1) is 10.1. The summed E-state index contributed by atoms with van der Waals surface area (Å²) in [5.74, 6) is -0.192. The van der Waals surface area contributed by atoms with Crippen LogP contribution in [0.25, 0.3) is 0 Å². The molecule has 0 aliphatic heterocycles. The van der Waals surface area contributed by atoms with Gasteiger partial charge in [0.05, 0.1) is 22.1 Å². The lowest BCUT2D eigenvalue weighted by Gasteiger charge is -2.10. The molecular formula is C15H15NO4S. The molecule has 0 aliphatic carbocycles. The van der Waals surface area contributed by atoms with Crippen molar-refractivity contribution in [2.75, 3.05) is 12.4 Å². The number of nitrogens with two attached hydrogens (primary N) is 1. The number of primary amides is 1. The molecule has 0 aliphatic rings. The topological polar surface area (TPSA) is 89.6 Å². The number of benzene rings is 2. The first-order valence-corrected chi connectivity index (χ1v) is 7.59. The summed E-state index contributed by atoms with van der Waals surface area (Å²) in [5.41, 5.74) is 5.31. The summed E-state index contributed by atoms with van der Waals surface area (Å²) in [4.78, 5) is 12.0. The number of hydrogen-bond donors (Lipinski definition) is 2. The second-order valence-corrected chi connectivity index (χ2v) is 5.83. The van der Waals surface area contributed by atoms with Crippen LogP contribution >= 0.6 is 0 Å². The Morgan fingerprint density at radius 2 is 1.90 bits per heavy atom. The molecule has 6 heteroatoms. The summed E-state index contributed by atoms with van der Waals surface area (Å²) in [6.45, 7) is 0.173. The number of carbonyl (C=O) groups excluding carboxylic acids is 1. The van der Waals surface area contributed by atoms with Gasteiger partial charge in [0.2, 0.25) is 0 Å². The van der Waals surface area contributed by atoms with Crippen LogP contribution < -0.4 is 10.5 Å². The molecule has 2 aromatic carbocycles. The van der Waals surface area contributed by atoms with Crippen LogP contribution in [0.15, 0.2) is 53.4 Å². The van der Waals surface area contributed by atoms with Crippen LogP contribution in [0.1, 0.15) is 10.4 Å². The third-order valence-electron chi connectivity index (χ3n) is 2.76. The Labute approximate surface area is 124 Å². The lowest BCUT2D eigenvalue weighted by atomic mass is 10.2. The SMILES string of the molecule is NC(=O)c1cc(O)ccc1OCCS(=O)c1ccccc1. The number of hydrogen-bond acceptors (Lipinski definition) is 4. The van der Waals surface area contributed by atoms with E-state index in [9.17, 15) is 14.1 Å². The number of amides is 1. The molecule has 3 N–H and O–H groups in total. The molecule has 21 heavy (non-hydrogen) atoms. The van der Waals surface area contributed by atoms with E-state index >= 15 is 0 Å². The Hall–Kier alpha value is -2.34. The molecule has 0 heterocycles. The van der Waals surface area contributed by atoms with E-state index in [0.29, 0.717) is 5.75 Å². The van der Waals surface area contributed by atoms with Gasteiger partial charge < -0.3 is 15.6 Å². The molecular weight excluding hydrogens is 290 g/mol. The van der Waals surface area contributed by atoms with Gasteiger partial charge in [-0.1, -0.05) is 18.2 Å². The Bertz CT molecular complexity index is 658. The Balaban J connectivity index is 1.98. The quantitative estimate of drug-likeness (QED) is 0.849. The van der Waals surface area contributed by atoms with Gasteiger partial charge >= 0.3 is 0 Å². The van der Waals surface area contributed by atoms with Crippen molar-refractivity contribution in [3.05, 3.63) is 54.1 Å². The number of ether oxygens (including phenoxy) is 1. The highest BCUT2D eigenvalue weighted by molar-refractivity contribution is 7.85. The van der Waals surface area contributed by atoms with Crippen molar-refractivity contribution in [2.24, 2.45) is 5.73 Å². The molecule has 1 amide bonds. The van der Waals surface area contributed by atoms with Gasteiger partial charge in [0.1, 0.15) is 18.1 Å². The van der Waals surface area contributed by atoms with Crippen molar-refractivity contribution in [2.45, 2.75) is 4.90 Å². The van der Waals surface area contributed by atoms with Gasteiger partial charge in [-0.3, -0.25) is 9.00 Å². The number of carbonyl (C=O) groups is 1. The first kappa shape index (κ1) is 15.1. The van der Waals surface area contributed by atoms with Gasteiger partial charge in [-0.25, -0.2) is 0 Å². The van der Waals surface area contributed by atoms with E-state index in [1.807, 2.05) is 18.2 Å². The standard InChI is InChI=1S/C15H15NO4S/c16-15(18)13-10-11(17)6-7-14(13)20-8-9-21(19)12-4-2-1-3-5-12/h1-7,10,17H,8-9H2,(H2,16,18). The minimum Gasteiger partial charge on any atom is -0.508 e. The van der Waals surface area contributed by atoms with Crippen molar-refractivity contribution in [3.8, 4) is 11.5 Å². The maximum Gasteiger partial charge on any atom is 0.252 e. The molecule has 0 spiro atoms. The van der Waals surface area contributed by atoms with Gasteiger partial charge in [0.15, 0.2) is 0 Å². The van der Waals surface area contributed by atoms with Crippen molar-refractivity contribution in [3.63, 3.8) is 0 Å². The summed E-state index contributed by atoms with van der Waals surface area (Å²) in [6, 6.07) is 13.2. The zero-order valence-corrected chi connectivity index (χ0v) is 12.0. The number of phenols is 1. The van der Waals surface area contributed by atoms with Crippen LogP contribution in [0.3, 0.4) is 0 Å². The summed E-state index contributed by atoms with van der Waals surface area (Å²) in [6.07, 6.45) is 0. The number of aromatic hydroxyl groups is 1. The molecule has 0 fully saturated rings. The Kier molecular flexibility index (Phi) is 4.94. The fourth-order valence-corrected chi connectivity index (χ4v) is 2.68. The normalized spacial score (nSPS) is 11.8. The van der Waals surface area contributed by atoms with Crippen LogP contribution in [0.2, 0.25) is 0 Å². The molecule has 0 aromatic heterocycles. The zero-order chi connectivity index (χ0) is 15.2. The second-order valence-electron chi connectivity index (χ2n) is 4.26. The monoisotopic (exact) mass is 305 g/mol. The smallest absolute Gasteiger partial charge is 0.252 e. The van der Waals surface area contributed by atoms with E-state index in [1.165, 1.54) is 18.2 Å². The van der Waals surface area contributed by atoms with Gasteiger partial charge in [0.25, 0.3) is 5.91 Å². The molecule has 1 atom stereocenters. The molecule has 5 nitrogen and oxygen atoms in total. The van der Waals surface area contributed by atoms with Gasteiger partial charge in [0, 0.05) is 4.90 Å². The van der Waals surface area contributed by atoms with Crippen LogP contribution in [0.4, 0.5) is 0 Å². The van der Waals surface area contributed by atoms with Crippen molar-refractivity contribution in [1.29, 1.82) is 0 Å². The van der Waals surface area contributed by atoms with Crippen molar-refractivity contribution >= 4 is 16.7 Å². The summed E-state index contributed by atoms with van der Waals surface area (Å²) in [5, 5.41) is 9.34. The summed E-state index contributed by atoms with van der Waals surface area (Å²) >= 11 is 0. The fourth-order valence-electron chi connectivity index (χ4n) is 1.75. The van der Waals surface area contributed by atoms with Crippen LogP contribution in [0, 0.1) is 0 Å². The predicted molar refractivity (Wildman–Crippen MR) is 79.8 cm³/mol. The zero-order valence-electron chi connectivity index (χ0n) is 11.2. The molecule has 1 unspecified atom stereocenters. The van der Waals surface area contributed by atoms with Gasteiger partial charge in [-0.15, -0.1) is 0 Å². The minimum atomic E-state index is -1.17. The average Bonchev–Trinajstić information content (AvgIpc) is 2.49.